The van der Waals surface area contributed by atoms with Crippen LogP contribution in [0.15, 0.2) is 55.1 Å². The van der Waals surface area contributed by atoms with Crippen molar-refractivity contribution in [2.24, 2.45) is 0 Å². The molecule has 3 N–H and O–H groups in total. The number of benzene rings is 1. The summed E-state index contributed by atoms with van der Waals surface area (Å²) in [6.07, 6.45) is 7.16. The predicted octanol–water partition coefficient (Wildman–Crippen LogP) is 3.28. The molecular weight excluding hydrogens is 300 g/mol. The number of rotatable bonds is 3. The summed E-state index contributed by atoms with van der Waals surface area (Å²) in [6.45, 7) is 0.896. The zero-order valence-electron chi connectivity index (χ0n) is 13.2. The molecule has 2 aromatic heterocycles. The van der Waals surface area contributed by atoms with Gasteiger partial charge in [0, 0.05) is 30.3 Å². The standard InChI is InChI=1S/C18H18N6/c19-16-17(23-14-7-9-20-10-8-14)21-12-22-18(16)24-11-3-5-13-4-1-2-6-15(13)24/h1-2,4,6-10,12H,3,5,11,19H2,(H,20,21,22,23). The Morgan fingerprint density at radius 2 is 1.88 bits per heavy atom. The highest BCUT2D eigenvalue weighted by atomic mass is 15.2. The summed E-state index contributed by atoms with van der Waals surface area (Å²) >= 11 is 0. The lowest BCUT2D eigenvalue weighted by Gasteiger charge is -2.31. The smallest absolute Gasteiger partial charge is 0.161 e. The van der Waals surface area contributed by atoms with Crippen molar-refractivity contribution in [3.63, 3.8) is 0 Å². The molecule has 3 heterocycles. The van der Waals surface area contributed by atoms with Crippen LogP contribution in [0.4, 0.5) is 28.7 Å². The van der Waals surface area contributed by atoms with Crippen LogP contribution < -0.4 is 16.0 Å². The average molecular weight is 318 g/mol. The van der Waals surface area contributed by atoms with Crippen molar-refractivity contribution in [3.05, 3.63) is 60.7 Å². The second-order valence-corrected chi connectivity index (χ2v) is 5.70. The molecule has 24 heavy (non-hydrogen) atoms. The first kappa shape index (κ1) is 14.4. The third kappa shape index (κ3) is 2.62. The second-order valence-electron chi connectivity index (χ2n) is 5.70. The predicted molar refractivity (Wildman–Crippen MR) is 95.7 cm³/mol. The molecule has 0 bridgehead atoms. The van der Waals surface area contributed by atoms with E-state index in [0.29, 0.717) is 11.5 Å². The van der Waals surface area contributed by atoms with Crippen molar-refractivity contribution in [1.82, 2.24) is 15.0 Å². The summed E-state index contributed by atoms with van der Waals surface area (Å²) in [5.74, 6) is 1.35. The van der Waals surface area contributed by atoms with Crippen LogP contribution in [0, 0.1) is 0 Å². The molecule has 0 spiro atoms. The zero-order chi connectivity index (χ0) is 16.4. The molecule has 1 aromatic carbocycles. The van der Waals surface area contributed by atoms with Gasteiger partial charge in [-0.25, -0.2) is 9.97 Å². The number of hydrogen-bond acceptors (Lipinski definition) is 6. The summed E-state index contributed by atoms with van der Waals surface area (Å²) in [4.78, 5) is 14.9. The molecule has 120 valence electrons. The van der Waals surface area contributed by atoms with Crippen LogP contribution in [-0.2, 0) is 6.42 Å². The number of pyridine rings is 1. The fraction of sp³-hybridized carbons (Fsp3) is 0.167. The third-order valence-electron chi connectivity index (χ3n) is 4.17. The van der Waals surface area contributed by atoms with Gasteiger partial charge in [-0.05, 0) is 36.6 Å². The number of nitrogens with zero attached hydrogens (tertiary/aromatic N) is 4. The minimum Gasteiger partial charge on any atom is -0.393 e. The lowest BCUT2D eigenvalue weighted by molar-refractivity contribution is 0.759. The van der Waals surface area contributed by atoms with Gasteiger partial charge in [0.15, 0.2) is 11.6 Å². The zero-order valence-corrected chi connectivity index (χ0v) is 13.2. The summed E-state index contributed by atoms with van der Waals surface area (Å²) < 4.78 is 0. The third-order valence-corrected chi connectivity index (χ3v) is 4.17. The van der Waals surface area contributed by atoms with Crippen LogP contribution >= 0.6 is 0 Å². The monoisotopic (exact) mass is 318 g/mol. The van der Waals surface area contributed by atoms with Gasteiger partial charge < -0.3 is 16.0 Å². The molecule has 6 heteroatoms. The fourth-order valence-corrected chi connectivity index (χ4v) is 3.03. The maximum absolute atomic E-state index is 6.37. The molecule has 0 atom stereocenters. The van der Waals surface area contributed by atoms with Crippen LogP contribution in [0.5, 0.6) is 0 Å². The van der Waals surface area contributed by atoms with Gasteiger partial charge >= 0.3 is 0 Å². The Morgan fingerprint density at radius 3 is 2.75 bits per heavy atom. The summed E-state index contributed by atoms with van der Waals surface area (Å²) in [6, 6.07) is 12.1. The van der Waals surface area contributed by atoms with Crippen LogP contribution in [0.25, 0.3) is 0 Å². The molecule has 0 amide bonds. The molecule has 6 nitrogen and oxygen atoms in total. The molecule has 0 fully saturated rings. The van der Waals surface area contributed by atoms with E-state index in [4.69, 9.17) is 5.73 Å². The highest BCUT2D eigenvalue weighted by molar-refractivity contribution is 5.82. The summed E-state index contributed by atoms with van der Waals surface area (Å²) in [5.41, 5.74) is 10.3. The molecule has 1 aliphatic rings. The molecule has 0 saturated heterocycles. The normalized spacial score (nSPS) is 13.4. The fourth-order valence-electron chi connectivity index (χ4n) is 3.03. The SMILES string of the molecule is Nc1c(Nc2ccncc2)ncnc1N1CCCc2ccccc21. The largest absolute Gasteiger partial charge is 0.393 e. The van der Waals surface area contributed by atoms with E-state index in [2.05, 4.69) is 43.4 Å². The first-order chi connectivity index (χ1) is 11.8. The van der Waals surface area contributed by atoms with Gasteiger partial charge in [0.25, 0.3) is 0 Å². The molecule has 4 rings (SSSR count). The van der Waals surface area contributed by atoms with Gasteiger partial charge in [0.1, 0.15) is 12.0 Å². The lowest BCUT2D eigenvalue weighted by atomic mass is 10.0. The molecule has 0 unspecified atom stereocenters. The first-order valence-corrected chi connectivity index (χ1v) is 7.96. The molecule has 0 aliphatic carbocycles. The molecule has 1 aliphatic heterocycles. The maximum atomic E-state index is 6.37. The van der Waals surface area contributed by atoms with Gasteiger partial charge in [-0.15, -0.1) is 0 Å². The lowest BCUT2D eigenvalue weighted by Crippen LogP contribution is -2.26. The van der Waals surface area contributed by atoms with Crippen molar-refractivity contribution >= 4 is 28.7 Å². The number of nitrogens with two attached hydrogens (primary N) is 1. The van der Waals surface area contributed by atoms with E-state index in [-0.39, 0.29) is 0 Å². The first-order valence-electron chi connectivity index (χ1n) is 7.96. The van der Waals surface area contributed by atoms with E-state index in [1.807, 2.05) is 18.2 Å². The minimum absolute atomic E-state index is 0.547. The van der Waals surface area contributed by atoms with Crippen LogP contribution in [0.1, 0.15) is 12.0 Å². The van der Waals surface area contributed by atoms with Crippen LogP contribution in [0.3, 0.4) is 0 Å². The van der Waals surface area contributed by atoms with E-state index < -0.39 is 0 Å². The van der Waals surface area contributed by atoms with E-state index >= 15 is 0 Å². The summed E-state index contributed by atoms with van der Waals surface area (Å²) in [5, 5.41) is 3.23. The highest BCUT2D eigenvalue weighted by Gasteiger charge is 2.22. The van der Waals surface area contributed by atoms with Crippen LogP contribution in [0.2, 0.25) is 0 Å². The molecule has 3 aromatic rings. The number of nitrogen functional groups attached to an aromatic ring is 1. The number of fused-ring (bicyclic) bond motifs is 1. The van der Waals surface area contributed by atoms with E-state index in [0.717, 1.165) is 30.9 Å². The number of anilines is 5. The van der Waals surface area contributed by atoms with E-state index in [1.165, 1.54) is 11.3 Å². The van der Waals surface area contributed by atoms with Crippen LogP contribution in [-0.4, -0.2) is 21.5 Å². The quantitative estimate of drug-likeness (QED) is 0.771. The minimum atomic E-state index is 0.547. The topological polar surface area (TPSA) is 80.0 Å². The Labute approximate surface area is 140 Å². The Balaban J connectivity index is 1.71. The second kappa shape index (κ2) is 6.16. The molecule has 0 radical (unpaired) electrons. The van der Waals surface area contributed by atoms with Gasteiger partial charge in [0.05, 0.1) is 0 Å². The van der Waals surface area contributed by atoms with Crippen molar-refractivity contribution in [3.8, 4) is 0 Å². The van der Waals surface area contributed by atoms with Gasteiger partial charge in [-0.2, -0.15) is 0 Å². The Morgan fingerprint density at radius 1 is 1.04 bits per heavy atom. The number of hydrogen-bond donors (Lipinski definition) is 2. The van der Waals surface area contributed by atoms with Crippen molar-refractivity contribution in [2.75, 3.05) is 22.5 Å². The maximum Gasteiger partial charge on any atom is 0.161 e. The van der Waals surface area contributed by atoms with E-state index in [1.54, 1.807) is 18.7 Å². The Kier molecular flexibility index (Phi) is 3.70. The number of para-hydroxylation sites is 1. The highest BCUT2D eigenvalue weighted by Crippen LogP contribution is 2.37. The number of aryl methyl sites for hydroxylation is 1. The number of nitrogens with one attached hydrogen (secondary N) is 1. The Hall–Kier alpha value is -3.15. The molecular formula is C18H18N6. The number of aromatic nitrogens is 3. The van der Waals surface area contributed by atoms with Crippen molar-refractivity contribution in [2.45, 2.75) is 12.8 Å². The summed E-state index contributed by atoms with van der Waals surface area (Å²) in [7, 11) is 0. The molecule has 0 saturated carbocycles. The average Bonchev–Trinajstić information content (AvgIpc) is 2.64. The van der Waals surface area contributed by atoms with Crippen molar-refractivity contribution < 1.29 is 0 Å². The van der Waals surface area contributed by atoms with Gasteiger partial charge in [-0.1, -0.05) is 18.2 Å². The van der Waals surface area contributed by atoms with Gasteiger partial charge in [-0.3, -0.25) is 4.98 Å². The Bertz CT molecular complexity index is 849. The van der Waals surface area contributed by atoms with Gasteiger partial charge in [0.2, 0.25) is 0 Å². The van der Waals surface area contributed by atoms with E-state index in [9.17, 15) is 0 Å². The van der Waals surface area contributed by atoms with Crippen molar-refractivity contribution in [1.29, 1.82) is 0 Å².